The number of aromatic nitrogens is 2. The highest BCUT2D eigenvalue weighted by Crippen LogP contribution is 2.36. The molecule has 0 aromatic carbocycles. The maximum Gasteiger partial charge on any atom is 0.138 e. The van der Waals surface area contributed by atoms with E-state index in [2.05, 4.69) is 40.6 Å². The molecule has 3 nitrogen and oxygen atoms in total. The zero-order valence-corrected chi connectivity index (χ0v) is 11.8. The van der Waals surface area contributed by atoms with Gasteiger partial charge in [-0.15, -0.1) is 11.3 Å². The molecule has 18 heavy (non-hydrogen) atoms. The van der Waals surface area contributed by atoms with Crippen LogP contribution in [0.2, 0.25) is 0 Å². The van der Waals surface area contributed by atoms with E-state index >= 15 is 0 Å². The van der Waals surface area contributed by atoms with Gasteiger partial charge in [0.1, 0.15) is 17.0 Å². The summed E-state index contributed by atoms with van der Waals surface area (Å²) in [5.74, 6) is 1.00. The van der Waals surface area contributed by atoms with Crippen LogP contribution in [-0.4, -0.2) is 16.0 Å². The number of nitrogens with zero attached hydrogens (tertiary/aromatic N) is 2. The first-order valence-corrected chi connectivity index (χ1v) is 7.47. The summed E-state index contributed by atoms with van der Waals surface area (Å²) in [6.45, 7) is 4.72. The van der Waals surface area contributed by atoms with Crippen molar-refractivity contribution < 1.29 is 0 Å². The average Bonchev–Trinajstić information content (AvgIpc) is 2.77. The van der Waals surface area contributed by atoms with Gasteiger partial charge in [-0.2, -0.15) is 0 Å². The van der Waals surface area contributed by atoms with Gasteiger partial charge in [0.05, 0.1) is 5.39 Å². The Bertz CT molecular complexity index is 547. The van der Waals surface area contributed by atoms with Gasteiger partial charge in [-0.3, -0.25) is 0 Å². The molecule has 0 aliphatic heterocycles. The monoisotopic (exact) mass is 261 g/mol. The summed E-state index contributed by atoms with van der Waals surface area (Å²) >= 11 is 1.67. The zero-order valence-electron chi connectivity index (χ0n) is 10.9. The van der Waals surface area contributed by atoms with Crippen molar-refractivity contribution in [2.24, 2.45) is 5.41 Å². The second-order valence-electron chi connectivity index (χ2n) is 5.96. The van der Waals surface area contributed by atoms with Gasteiger partial charge in [-0.05, 0) is 36.1 Å². The van der Waals surface area contributed by atoms with E-state index in [-0.39, 0.29) is 0 Å². The Hall–Kier alpha value is -1.16. The molecular weight excluding hydrogens is 242 g/mol. The van der Waals surface area contributed by atoms with Crippen LogP contribution in [-0.2, 0) is 0 Å². The lowest BCUT2D eigenvalue weighted by atomic mass is 9.75. The van der Waals surface area contributed by atoms with E-state index in [1.54, 1.807) is 17.7 Å². The first-order chi connectivity index (χ1) is 8.64. The summed E-state index contributed by atoms with van der Waals surface area (Å²) in [7, 11) is 0. The Balaban J connectivity index is 1.82. The van der Waals surface area contributed by atoms with Crippen LogP contribution in [0.25, 0.3) is 10.2 Å². The molecule has 0 spiro atoms. The molecule has 0 radical (unpaired) electrons. The molecule has 2 aromatic rings. The molecule has 1 fully saturated rings. The molecule has 0 amide bonds. The molecule has 1 unspecified atom stereocenters. The zero-order chi connectivity index (χ0) is 12.6. The molecular formula is C14H19N3S. The lowest BCUT2D eigenvalue weighted by Gasteiger charge is -2.35. The quantitative estimate of drug-likeness (QED) is 0.885. The standard InChI is InChI=1S/C14H19N3S/c1-14(2)6-3-4-10(8-14)17-12-11-5-7-18-13(11)16-9-15-12/h5,7,9-10H,3-4,6,8H2,1-2H3,(H,15,16,17). The minimum atomic E-state index is 0.455. The predicted molar refractivity (Wildman–Crippen MR) is 77.1 cm³/mol. The SMILES string of the molecule is CC1(C)CCCC(Nc2ncnc3sccc23)C1. The van der Waals surface area contributed by atoms with Crippen LogP contribution in [0.1, 0.15) is 39.5 Å². The Morgan fingerprint density at radius 2 is 2.28 bits per heavy atom. The number of hydrogen-bond donors (Lipinski definition) is 1. The molecule has 1 atom stereocenters. The van der Waals surface area contributed by atoms with Crippen LogP contribution in [0.15, 0.2) is 17.8 Å². The van der Waals surface area contributed by atoms with Crippen LogP contribution in [0.5, 0.6) is 0 Å². The minimum absolute atomic E-state index is 0.455. The molecule has 2 heterocycles. The van der Waals surface area contributed by atoms with Gasteiger partial charge in [0.25, 0.3) is 0 Å². The molecule has 3 rings (SSSR count). The van der Waals surface area contributed by atoms with Crippen molar-refractivity contribution in [2.75, 3.05) is 5.32 Å². The number of hydrogen-bond acceptors (Lipinski definition) is 4. The number of nitrogens with one attached hydrogen (secondary N) is 1. The number of anilines is 1. The minimum Gasteiger partial charge on any atom is -0.367 e. The van der Waals surface area contributed by atoms with Crippen molar-refractivity contribution in [2.45, 2.75) is 45.6 Å². The van der Waals surface area contributed by atoms with Crippen LogP contribution >= 0.6 is 11.3 Å². The second-order valence-corrected chi connectivity index (χ2v) is 6.86. The van der Waals surface area contributed by atoms with Gasteiger partial charge in [0.15, 0.2) is 0 Å². The molecule has 2 aromatic heterocycles. The van der Waals surface area contributed by atoms with Crippen LogP contribution in [0.4, 0.5) is 5.82 Å². The highest BCUT2D eigenvalue weighted by Gasteiger charge is 2.28. The van der Waals surface area contributed by atoms with Crippen molar-refractivity contribution in [3.05, 3.63) is 17.8 Å². The number of rotatable bonds is 2. The summed E-state index contributed by atoms with van der Waals surface area (Å²) < 4.78 is 0. The summed E-state index contributed by atoms with van der Waals surface area (Å²) in [5.41, 5.74) is 0.455. The third kappa shape index (κ3) is 2.34. The van der Waals surface area contributed by atoms with Crippen molar-refractivity contribution in [1.82, 2.24) is 9.97 Å². The number of thiophene rings is 1. The van der Waals surface area contributed by atoms with E-state index < -0.39 is 0 Å². The van der Waals surface area contributed by atoms with E-state index in [9.17, 15) is 0 Å². The Morgan fingerprint density at radius 1 is 1.39 bits per heavy atom. The van der Waals surface area contributed by atoms with Gasteiger partial charge >= 0.3 is 0 Å². The first-order valence-electron chi connectivity index (χ1n) is 6.59. The smallest absolute Gasteiger partial charge is 0.138 e. The van der Waals surface area contributed by atoms with Gasteiger partial charge in [0, 0.05) is 6.04 Å². The second kappa shape index (κ2) is 4.50. The van der Waals surface area contributed by atoms with Crippen molar-refractivity contribution in [3.63, 3.8) is 0 Å². The van der Waals surface area contributed by atoms with E-state index in [0.29, 0.717) is 11.5 Å². The fourth-order valence-corrected chi connectivity index (χ4v) is 3.65. The van der Waals surface area contributed by atoms with Gasteiger partial charge in [0.2, 0.25) is 0 Å². The Labute approximate surface area is 112 Å². The third-order valence-electron chi connectivity index (χ3n) is 3.81. The highest BCUT2D eigenvalue weighted by molar-refractivity contribution is 7.16. The topological polar surface area (TPSA) is 37.8 Å². The molecule has 0 saturated heterocycles. The van der Waals surface area contributed by atoms with Crippen molar-refractivity contribution >= 4 is 27.4 Å². The van der Waals surface area contributed by atoms with Crippen molar-refractivity contribution in [1.29, 1.82) is 0 Å². The van der Waals surface area contributed by atoms with E-state index in [0.717, 1.165) is 16.0 Å². The fraction of sp³-hybridized carbons (Fsp3) is 0.571. The Morgan fingerprint density at radius 3 is 3.11 bits per heavy atom. The van der Waals surface area contributed by atoms with E-state index in [1.165, 1.54) is 25.7 Å². The summed E-state index contributed by atoms with van der Waals surface area (Å²) in [4.78, 5) is 9.77. The largest absolute Gasteiger partial charge is 0.367 e. The Kier molecular flexibility index (Phi) is 2.98. The molecule has 4 heteroatoms. The summed E-state index contributed by atoms with van der Waals surface area (Å²) in [6.07, 6.45) is 6.78. The average molecular weight is 261 g/mol. The molecule has 1 N–H and O–H groups in total. The maximum atomic E-state index is 4.41. The van der Waals surface area contributed by atoms with Gasteiger partial charge in [-0.25, -0.2) is 9.97 Å². The summed E-state index contributed by atoms with van der Waals surface area (Å²) in [6, 6.07) is 2.66. The van der Waals surface area contributed by atoms with Crippen LogP contribution < -0.4 is 5.32 Å². The highest BCUT2D eigenvalue weighted by atomic mass is 32.1. The molecule has 1 saturated carbocycles. The summed E-state index contributed by atoms with van der Waals surface area (Å²) in [5, 5.41) is 6.86. The first kappa shape index (κ1) is 11.9. The van der Waals surface area contributed by atoms with Crippen LogP contribution in [0, 0.1) is 5.41 Å². The lowest BCUT2D eigenvalue weighted by molar-refractivity contribution is 0.229. The molecule has 0 bridgehead atoms. The molecule has 1 aliphatic rings. The molecule has 1 aliphatic carbocycles. The van der Waals surface area contributed by atoms with Crippen LogP contribution in [0.3, 0.4) is 0 Å². The van der Waals surface area contributed by atoms with E-state index in [4.69, 9.17) is 0 Å². The lowest BCUT2D eigenvalue weighted by Crippen LogP contribution is -2.32. The predicted octanol–water partition coefficient (Wildman–Crippen LogP) is 4.07. The molecule has 96 valence electrons. The third-order valence-corrected chi connectivity index (χ3v) is 4.63. The van der Waals surface area contributed by atoms with Gasteiger partial charge in [-0.1, -0.05) is 20.3 Å². The number of fused-ring (bicyclic) bond motifs is 1. The van der Waals surface area contributed by atoms with Crippen molar-refractivity contribution in [3.8, 4) is 0 Å². The fourth-order valence-electron chi connectivity index (χ4n) is 2.92. The normalized spacial score (nSPS) is 23.1. The van der Waals surface area contributed by atoms with Gasteiger partial charge < -0.3 is 5.32 Å². The van der Waals surface area contributed by atoms with E-state index in [1.807, 2.05) is 0 Å². The maximum absolute atomic E-state index is 4.41.